The van der Waals surface area contributed by atoms with Crippen LogP contribution in [-0.2, 0) is 6.61 Å². The normalized spacial score (nSPS) is 10.2. The predicted octanol–water partition coefficient (Wildman–Crippen LogP) is 3.49. The van der Waals surface area contributed by atoms with E-state index in [0.29, 0.717) is 12.4 Å². The minimum absolute atomic E-state index is 0.255. The lowest BCUT2D eigenvalue weighted by atomic mass is 10.2. The molecule has 2 aromatic rings. The summed E-state index contributed by atoms with van der Waals surface area (Å²) in [5.74, 6) is 0.810. The Hall–Kier alpha value is -1.81. The molecule has 0 aliphatic rings. The monoisotopic (exact) mass is 266 g/mol. The molecule has 1 aromatic heterocycles. The number of nitrogens with one attached hydrogen (secondary N) is 1. The quantitative estimate of drug-likeness (QED) is 0.920. The van der Waals surface area contributed by atoms with Crippen LogP contribution in [0.2, 0.25) is 5.02 Å². The number of hydrogen-bond donors (Lipinski definition) is 1. The third-order valence-electron chi connectivity index (χ3n) is 2.41. The van der Waals surface area contributed by atoms with Gasteiger partial charge in [0.2, 0.25) is 0 Å². The molecule has 0 atom stereocenters. The molecule has 5 heteroatoms. The van der Waals surface area contributed by atoms with Crippen molar-refractivity contribution in [3.05, 3.63) is 52.9 Å². The summed E-state index contributed by atoms with van der Waals surface area (Å²) in [5, 5.41) is 3.23. The summed E-state index contributed by atoms with van der Waals surface area (Å²) < 4.78 is 18.4. The number of nitrogens with zero attached hydrogens (tertiary/aromatic N) is 1. The van der Waals surface area contributed by atoms with Crippen LogP contribution < -0.4 is 10.1 Å². The summed E-state index contributed by atoms with van der Waals surface area (Å²) in [6, 6.07) is 7.76. The van der Waals surface area contributed by atoms with Crippen molar-refractivity contribution in [1.82, 2.24) is 4.98 Å². The number of hydrogen-bond acceptors (Lipinski definition) is 3. The Labute approximate surface area is 110 Å². The Kier molecular flexibility index (Phi) is 3.99. The van der Waals surface area contributed by atoms with E-state index in [2.05, 4.69) is 10.3 Å². The van der Waals surface area contributed by atoms with Gasteiger partial charge in [0.25, 0.3) is 0 Å². The SMILES string of the molecule is CNc1ncccc1COc1ccc(F)cc1Cl. The summed E-state index contributed by atoms with van der Waals surface area (Å²) >= 11 is 5.87. The molecule has 0 saturated carbocycles. The molecule has 1 N–H and O–H groups in total. The summed E-state index contributed by atoms with van der Waals surface area (Å²) in [6.07, 6.45) is 1.69. The molecule has 0 fully saturated rings. The molecular weight excluding hydrogens is 255 g/mol. The zero-order valence-electron chi connectivity index (χ0n) is 9.78. The van der Waals surface area contributed by atoms with Crippen LogP contribution in [0.4, 0.5) is 10.2 Å². The van der Waals surface area contributed by atoms with E-state index in [4.69, 9.17) is 16.3 Å². The van der Waals surface area contributed by atoms with Gasteiger partial charge < -0.3 is 10.1 Å². The third-order valence-corrected chi connectivity index (χ3v) is 2.70. The Morgan fingerprint density at radius 1 is 1.39 bits per heavy atom. The predicted molar refractivity (Wildman–Crippen MR) is 69.5 cm³/mol. The zero-order valence-corrected chi connectivity index (χ0v) is 10.5. The van der Waals surface area contributed by atoms with Crippen molar-refractivity contribution < 1.29 is 9.13 Å². The second-order valence-corrected chi connectivity index (χ2v) is 4.03. The number of aromatic nitrogens is 1. The number of anilines is 1. The van der Waals surface area contributed by atoms with Crippen molar-refractivity contribution in [3.63, 3.8) is 0 Å². The largest absolute Gasteiger partial charge is 0.487 e. The van der Waals surface area contributed by atoms with Gasteiger partial charge in [-0.1, -0.05) is 17.7 Å². The van der Waals surface area contributed by atoms with Crippen LogP contribution in [0.1, 0.15) is 5.56 Å². The lowest BCUT2D eigenvalue weighted by Crippen LogP contribution is -2.02. The molecule has 3 nitrogen and oxygen atoms in total. The Morgan fingerprint density at radius 3 is 2.94 bits per heavy atom. The van der Waals surface area contributed by atoms with E-state index in [0.717, 1.165) is 11.4 Å². The van der Waals surface area contributed by atoms with Crippen molar-refractivity contribution in [1.29, 1.82) is 0 Å². The highest BCUT2D eigenvalue weighted by Gasteiger charge is 2.06. The minimum atomic E-state index is -0.385. The maximum atomic E-state index is 12.9. The van der Waals surface area contributed by atoms with Gasteiger partial charge in [-0.15, -0.1) is 0 Å². The number of rotatable bonds is 4. The molecule has 2 rings (SSSR count). The molecule has 18 heavy (non-hydrogen) atoms. The van der Waals surface area contributed by atoms with Crippen molar-refractivity contribution >= 4 is 17.4 Å². The molecule has 0 saturated heterocycles. The highest BCUT2D eigenvalue weighted by atomic mass is 35.5. The van der Waals surface area contributed by atoms with Gasteiger partial charge in [0.1, 0.15) is 24.0 Å². The minimum Gasteiger partial charge on any atom is -0.487 e. The summed E-state index contributed by atoms with van der Waals surface area (Å²) in [5.41, 5.74) is 0.903. The van der Waals surface area contributed by atoms with Gasteiger partial charge in [0, 0.05) is 18.8 Å². The number of ether oxygens (including phenoxy) is 1. The van der Waals surface area contributed by atoms with E-state index in [1.807, 2.05) is 12.1 Å². The van der Waals surface area contributed by atoms with Crippen LogP contribution in [0.5, 0.6) is 5.75 Å². The molecule has 0 spiro atoms. The first-order valence-corrected chi connectivity index (χ1v) is 5.78. The van der Waals surface area contributed by atoms with Crippen LogP contribution >= 0.6 is 11.6 Å². The molecule has 94 valence electrons. The summed E-state index contributed by atoms with van der Waals surface area (Å²) in [4.78, 5) is 4.16. The van der Waals surface area contributed by atoms with Crippen molar-refractivity contribution in [3.8, 4) is 5.75 Å². The highest BCUT2D eigenvalue weighted by molar-refractivity contribution is 6.32. The zero-order chi connectivity index (χ0) is 13.0. The van der Waals surface area contributed by atoms with Gasteiger partial charge in [-0.2, -0.15) is 0 Å². The molecule has 0 aliphatic carbocycles. The van der Waals surface area contributed by atoms with Crippen LogP contribution in [0.15, 0.2) is 36.5 Å². The maximum absolute atomic E-state index is 12.9. The van der Waals surface area contributed by atoms with Crippen molar-refractivity contribution in [2.75, 3.05) is 12.4 Å². The molecule has 0 aliphatic heterocycles. The van der Waals surface area contributed by atoms with E-state index in [1.54, 1.807) is 13.2 Å². The van der Waals surface area contributed by atoms with Gasteiger partial charge >= 0.3 is 0 Å². The standard InChI is InChI=1S/C13H12ClFN2O/c1-16-13-9(3-2-6-17-13)8-18-12-5-4-10(15)7-11(12)14/h2-7H,8H2,1H3,(H,16,17). The van der Waals surface area contributed by atoms with Crippen molar-refractivity contribution in [2.24, 2.45) is 0 Å². The van der Waals surface area contributed by atoms with E-state index in [9.17, 15) is 4.39 Å². The summed E-state index contributed by atoms with van der Waals surface area (Å²) in [7, 11) is 1.79. The van der Waals surface area contributed by atoms with Gasteiger partial charge in [-0.05, 0) is 24.3 Å². The number of halogens is 2. The lowest BCUT2D eigenvalue weighted by Gasteiger charge is -2.10. The summed E-state index contributed by atoms with van der Waals surface area (Å²) in [6.45, 7) is 0.315. The fourth-order valence-corrected chi connectivity index (χ4v) is 1.75. The molecule has 1 heterocycles. The first-order chi connectivity index (χ1) is 8.70. The molecule has 0 amide bonds. The van der Waals surface area contributed by atoms with Gasteiger partial charge in [-0.3, -0.25) is 0 Å². The fraction of sp³-hybridized carbons (Fsp3) is 0.154. The third kappa shape index (κ3) is 2.90. The molecular formula is C13H12ClFN2O. The van der Waals surface area contributed by atoms with Gasteiger partial charge in [0.15, 0.2) is 0 Å². The number of benzene rings is 1. The van der Waals surface area contributed by atoms with Crippen LogP contribution in [0.25, 0.3) is 0 Å². The van der Waals surface area contributed by atoms with Gasteiger partial charge in [0.05, 0.1) is 5.02 Å². The Bertz CT molecular complexity index is 548. The highest BCUT2D eigenvalue weighted by Crippen LogP contribution is 2.26. The average Bonchev–Trinajstić information content (AvgIpc) is 2.38. The van der Waals surface area contributed by atoms with Crippen LogP contribution in [-0.4, -0.2) is 12.0 Å². The first kappa shape index (κ1) is 12.6. The fourth-order valence-electron chi connectivity index (χ4n) is 1.53. The van der Waals surface area contributed by atoms with Crippen molar-refractivity contribution in [2.45, 2.75) is 6.61 Å². The maximum Gasteiger partial charge on any atom is 0.138 e. The van der Waals surface area contributed by atoms with E-state index in [1.165, 1.54) is 18.2 Å². The average molecular weight is 267 g/mol. The molecule has 0 unspecified atom stereocenters. The first-order valence-electron chi connectivity index (χ1n) is 5.40. The number of pyridine rings is 1. The molecule has 0 radical (unpaired) electrons. The molecule has 0 bridgehead atoms. The van der Waals surface area contributed by atoms with E-state index < -0.39 is 0 Å². The second-order valence-electron chi connectivity index (χ2n) is 3.62. The van der Waals surface area contributed by atoms with Crippen LogP contribution in [0, 0.1) is 5.82 Å². The molecule has 1 aromatic carbocycles. The van der Waals surface area contributed by atoms with Gasteiger partial charge in [-0.25, -0.2) is 9.37 Å². The Balaban J connectivity index is 2.11. The topological polar surface area (TPSA) is 34.2 Å². The smallest absolute Gasteiger partial charge is 0.138 e. The van der Waals surface area contributed by atoms with Crippen LogP contribution in [0.3, 0.4) is 0 Å². The van der Waals surface area contributed by atoms with E-state index in [-0.39, 0.29) is 10.8 Å². The Morgan fingerprint density at radius 2 is 2.22 bits per heavy atom. The second kappa shape index (κ2) is 5.69. The lowest BCUT2D eigenvalue weighted by molar-refractivity contribution is 0.306. The van der Waals surface area contributed by atoms with E-state index >= 15 is 0 Å².